The normalized spacial score (nSPS) is 10.9. The maximum Gasteiger partial charge on any atom is 0.261 e. The van der Waals surface area contributed by atoms with Crippen LogP contribution in [-0.2, 0) is 5.88 Å². The van der Waals surface area contributed by atoms with Crippen LogP contribution in [0, 0.1) is 0 Å². The van der Waals surface area contributed by atoms with E-state index in [1.165, 1.54) is 33.7 Å². The summed E-state index contributed by atoms with van der Waals surface area (Å²) >= 11 is 1.30. The monoisotopic (exact) mass is 304 g/mol. The number of nitrogens with zero attached hydrogens (tertiary/aromatic N) is 5. The highest BCUT2D eigenvalue weighted by molar-refractivity contribution is 7.98. The summed E-state index contributed by atoms with van der Waals surface area (Å²) in [5, 5.41) is 8.58. The number of nitrogen functional groups attached to an aromatic ring is 1. The molecule has 0 fully saturated rings. The van der Waals surface area contributed by atoms with Gasteiger partial charge in [-0.05, 0) is 12.1 Å². The molecule has 21 heavy (non-hydrogen) atoms. The van der Waals surface area contributed by atoms with Gasteiger partial charge in [0.05, 0.1) is 30.2 Å². The zero-order valence-corrected chi connectivity index (χ0v) is 11.9. The van der Waals surface area contributed by atoms with Gasteiger partial charge in [0.1, 0.15) is 12.1 Å². The molecule has 0 aliphatic carbocycles. The maximum atomic E-state index is 12.4. The number of aromatic nitrogens is 5. The van der Waals surface area contributed by atoms with Crippen LogP contribution in [0.4, 0.5) is 0 Å². The minimum absolute atomic E-state index is 0.127. The Bertz CT molecular complexity index is 843. The van der Waals surface area contributed by atoms with Crippen LogP contribution in [-0.4, -0.2) is 31.5 Å². The number of fused-ring (bicyclic) bond motifs is 1. The summed E-state index contributed by atoms with van der Waals surface area (Å²) < 4.78 is 7.91. The zero-order chi connectivity index (χ0) is 14.8. The summed E-state index contributed by atoms with van der Waals surface area (Å²) in [6.45, 7) is 0. The van der Waals surface area contributed by atoms with E-state index in [4.69, 9.17) is 10.6 Å². The first-order valence-corrected chi connectivity index (χ1v) is 6.98. The number of benzene rings is 1. The molecular formula is C12H12N6O2S. The Morgan fingerprint density at radius 3 is 2.95 bits per heavy atom. The van der Waals surface area contributed by atoms with Gasteiger partial charge >= 0.3 is 0 Å². The number of hydrogen-bond donors (Lipinski definition) is 1. The molecule has 0 amide bonds. The van der Waals surface area contributed by atoms with Crippen molar-refractivity contribution >= 4 is 22.7 Å². The highest BCUT2D eigenvalue weighted by Gasteiger charge is 2.07. The highest BCUT2D eigenvalue weighted by Crippen LogP contribution is 2.17. The van der Waals surface area contributed by atoms with Crippen molar-refractivity contribution in [1.29, 1.82) is 0 Å². The predicted octanol–water partition coefficient (Wildman–Crippen LogP) is 0.460. The van der Waals surface area contributed by atoms with E-state index in [0.717, 1.165) is 0 Å². The summed E-state index contributed by atoms with van der Waals surface area (Å²) in [6, 6.07) is 5.17. The Balaban J connectivity index is 1.91. The molecule has 0 unspecified atom stereocenters. The third kappa shape index (κ3) is 2.55. The molecule has 2 aromatic heterocycles. The van der Waals surface area contributed by atoms with Crippen LogP contribution in [0.15, 0.2) is 40.8 Å². The van der Waals surface area contributed by atoms with Gasteiger partial charge in [-0.1, -0.05) is 11.8 Å². The fourth-order valence-electron chi connectivity index (χ4n) is 1.82. The molecule has 2 N–H and O–H groups in total. The second-order valence-electron chi connectivity index (χ2n) is 4.20. The molecule has 0 bridgehead atoms. The third-order valence-electron chi connectivity index (χ3n) is 2.91. The Morgan fingerprint density at radius 1 is 1.38 bits per heavy atom. The molecule has 0 aliphatic heterocycles. The van der Waals surface area contributed by atoms with Crippen molar-refractivity contribution in [2.75, 3.05) is 13.0 Å². The van der Waals surface area contributed by atoms with E-state index >= 15 is 0 Å². The van der Waals surface area contributed by atoms with Crippen LogP contribution in [0.2, 0.25) is 0 Å². The number of methoxy groups -OCH3 is 1. The molecule has 0 saturated carbocycles. The fourth-order valence-corrected chi connectivity index (χ4v) is 2.56. The van der Waals surface area contributed by atoms with Gasteiger partial charge in [-0.25, -0.2) is 9.66 Å². The van der Waals surface area contributed by atoms with Gasteiger partial charge < -0.3 is 10.6 Å². The standard InChI is InChI=1S/C12H12N6O2S/c1-20-8-2-3-9-10(4-8)14-5-17(11(9)19)7-21-12-16-15-6-18(12)13/h2-6H,7,13H2,1H3. The number of nitrogens with two attached hydrogens (primary N) is 1. The molecule has 8 nitrogen and oxygen atoms in total. The molecular weight excluding hydrogens is 292 g/mol. The van der Waals surface area contributed by atoms with Gasteiger partial charge in [-0.2, -0.15) is 0 Å². The van der Waals surface area contributed by atoms with Gasteiger partial charge in [-0.3, -0.25) is 9.36 Å². The SMILES string of the molecule is COc1ccc2c(=O)n(CSc3nncn3N)cnc2c1. The lowest BCUT2D eigenvalue weighted by molar-refractivity contribution is 0.415. The van der Waals surface area contributed by atoms with E-state index < -0.39 is 0 Å². The van der Waals surface area contributed by atoms with Crippen molar-refractivity contribution in [3.05, 3.63) is 41.2 Å². The van der Waals surface area contributed by atoms with Crippen LogP contribution in [0.1, 0.15) is 0 Å². The predicted molar refractivity (Wildman–Crippen MR) is 78.6 cm³/mol. The van der Waals surface area contributed by atoms with E-state index in [1.54, 1.807) is 25.3 Å². The summed E-state index contributed by atoms with van der Waals surface area (Å²) in [7, 11) is 1.57. The maximum absolute atomic E-state index is 12.4. The molecule has 2 heterocycles. The average molecular weight is 304 g/mol. The number of thioether (sulfide) groups is 1. The molecule has 1 aromatic carbocycles. The molecule has 9 heteroatoms. The van der Waals surface area contributed by atoms with Gasteiger partial charge in [0.2, 0.25) is 5.16 Å². The fraction of sp³-hybridized carbons (Fsp3) is 0.167. The van der Waals surface area contributed by atoms with Gasteiger partial charge in [0.15, 0.2) is 0 Å². The van der Waals surface area contributed by atoms with Gasteiger partial charge in [-0.15, -0.1) is 10.2 Å². The van der Waals surface area contributed by atoms with E-state index in [9.17, 15) is 4.79 Å². The molecule has 0 atom stereocenters. The second-order valence-corrected chi connectivity index (χ2v) is 5.11. The van der Waals surface area contributed by atoms with Crippen LogP contribution in [0.25, 0.3) is 10.9 Å². The Hall–Kier alpha value is -2.55. The first kappa shape index (κ1) is 13.4. The van der Waals surface area contributed by atoms with E-state index in [-0.39, 0.29) is 5.56 Å². The lowest BCUT2D eigenvalue weighted by atomic mass is 10.2. The van der Waals surface area contributed by atoms with Crippen LogP contribution >= 0.6 is 11.8 Å². The van der Waals surface area contributed by atoms with Crippen LogP contribution in [0.3, 0.4) is 0 Å². The number of rotatable bonds is 4. The largest absolute Gasteiger partial charge is 0.497 e. The molecule has 0 radical (unpaired) electrons. The Labute approximate surface area is 123 Å². The molecule has 0 spiro atoms. The smallest absolute Gasteiger partial charge is 0.261 e. The lowest BCUT2D eigenvalue weighted by Crippen LogP contribution is -2.20. The lowest BCUT2D eigenvalue weighted by Gasteiger charge is -2.06. The van der Waals surface area contributed by atoms with E-state index in [0.29, 0.717) is 27.7 Å². The molecule has 0 saturated heterocycles. The molecule has 0 aliphatic rings. The third-order valence-corrected chi connectivity index (χ3v) is 3.86. The van der Waals surface area contributed by atoms with Crippen molar-refractivity contribution in [3.63, 3.8) is 0 Å². The Kier molecular flexibility index (Phi) is 3.48. The molecule has 3 rings (SSSR count). The topological polar surface area (TPSA) is 101 Å². The van der Waals surface area contributed by atoms with Crippen LogP contribution < -0.4 is 16.1 Å². The molecule has 108 valence electrons. The first-order valence-electron chi connectivity index (χ1n) is 6.00. The van der Waals surface area contributed by atoms with Crippen molar-refractivity contribution in [1.82, 2.24) is 24.4 Å². The number of hydrogen-bond acceptors (Lipinski definition) is 7. The van der Waals surface area contributed by atoms with Crippen molar-refractivity contribution < 1.29 is 4.74 Å². The van der Waals surface area contributed by atoms with Crippen molar-refractivity contribution in [2.45, 2.75) is 11.0 Å². The summed E-state index contributed by atoms with van der Waals surface area (Å²) in [6.07, 6.45) is 2.89. The van der Waals surface area contributed by atoms with Gasteiger partial charge in [0.25, 0.3) is 5.56 Å². The Morgan fingerprint density at radius 2 is 2.24 bits per heavy atom. The minimum Gasteiger partial charge on any atom is -0.497 e. The first-order chi connectivity index (χ1) is 10.2. The summed E-state index contributed by atoms with van der Waals surface area (Å²) in [5.41, 5.74) is 0.473. The highest BCUT2D eigenvalue weighted by atomic mass is 32.2. The summed E-state index contributed by atoms with van der Waals surface area (Å²) in [5.74, 6) is 6.63. The van der Waals surface area contributed by atoms with E-state index in [2.05, 4.69) is 15.2 Å². The quantitative estimate of drug-likeness (QED) is 0.552. The van der Waals surface area contributed by atoms with Crippen LogP contribution in [0.5, 0.6) is 5.75 Å². The van der Waals surface area contributed by atoms with E-state index in [1.807, 2.05) is 0 Å². The van der Waals surface area contributed by atoms with Crippen molar-refractivity contribution in [2.24, 2.45) is 0 Å². The average Bonchev–Trinajstić information content (AvgIpc) is 2.91. The zero-order valence-electron chi connectivity index (χ0n) is 11.1. The summed E-state index contributed by atoms with van der Waals surface area (Å²) in [4.78, 5) is 16.6. The second kappa shape index (κ2) is 5.44. The van der Waals surface area contributed by atoms with Gasteiger partial charge in [0, 0.05) is 6.07 Å². The minimum atomic E-state index is -0.127. The van der Waals surface area contributed by atoms with Crippen molar-refractivity contribution in [3.8, 4) is 5.75 Å². The number of ether oxygens (including phenoxy) is 1. The molecule has 3 aromatic rings.